The van der Waals surface area contributed by atoms with Gasteiger partial charge in [-0.25, -0.2) is 13.2 Å². The Kier molecular flexibility index (Phi) is 6.31. The average molecular weight is 454 g/mol. The minimum absolute atomic E-state index is 0.0649. The lowest BCUT2D eigenvalue weighted by Gasteiger charge is -2.26. The van der Waals surface area contributed by atoms with E-state index in [9.17, 15) is 13.2 Å². The van der Waals surface area contributed by atoms with Gasteiger partial charge in [-0.2, -0.15) is 4.31 Å². The van der Waals surface area contributed by atoms with Crippen LogP contribution in [0.1, 0.15) is 21.5 Å². The number of halogens is 1. The van der Waals surface area contributed by atoms with Gasteiger partial charge < -0.3 is 9.47 Å². The zero-order valence-electron chi connectivity index (χ0n) is 14.9. The molecule has 0 spiro atoms. The smallest absolute Gasteiger partial charge is 0.339 e. The van der Waals surface area contributed by atoms with Crippen molar-refractivity contribution < 1.29 is 22.7 Å². The number of carbonyl (C=O) groups is 1. The molecule has 2 aromatic carbocycles. The number of rotatable bonds is 5. The molecule has 0 aliphatic carbocycles. The van der Waals surface area contributed by atoms with Crippen molar-refractivity contribution in [2.24, 2.45) is 0 Å². The largest absolute Gasteiger partial charge is 0.457 e. The molecule has 1 saturated heterocycles. The van der Waals surface area contributed by atoms with Crippen LogP contribution < -0.4 is 0 Å². The normalized spacial score (nSPS) is 15.5. The lowest BCUT2D eigenvalue weighted by atomic mass is 10.1. The van der Waals surface area contributed by atoms with Crippen molar-refractivity contribution in [3.8, 4) is 0 Å². The maximum Gasteiger partial charge on any atom is 0.339 e. The van der Waals surface area contributed by atoms with E-state index in [0.29, 0.717) is 30.8 Å². The lowest BCUT2D eigenvalue weighted by molar-refractivity contribution is 0.0471. The number of hydrogen-bond donors (Lipinski definition) is 0. The second-order valence-electron chi connectivity index (χ2n) is 6.22. The van der Waals surface area contributed by atoms with Crippen molar-refractivity contribution in [1.29, 1.82) is 0 Å². The van der Waals surface area contributed by atoms with Crippen LogP contribution in [-0.2, 0) is 26.1 Å². The summed E-state index contributed by atoms with van der Waals surface area (Å²) in [5.41, 5.74) is 2.12. The molecule has 0 radical (unpaired) electrons. The zero-order valence-corrected chi connectivity index (χ0v) is 17.3. The number of nitrogens with zero attached hydrogens (tertiary/aromatic N) is 1. The molecule has 2 aromatic rings. The van der Waals surface area contributed by atoms with E-state index in [-0.39, 0.29) is 17.1 Å². The molecule has 27 heavy (non-hydrogen) atoms. The number of morpholine rings is 1. The molecular formula is C19H20BrNO5S. The lowest BCUT2D eigenvalue weighted by Crippen LogP contribution is -2.40. The first kappa shape index (κ1) is 20.0. The van der Waals surface area contributed by atoms with Gasteiger partial charge in [-0.1, -0.05) is 29.8 Å². The van der Waals surface area contributed by atoms with E-state index in [1.807, 2.05) is 31.2 Å². The van der Waals surface area contributed by atoms with Gasteiger partial charge in [0.2, 0.25) is 10.0 Å². The summed E-state index contributed by atoms with van der Waals surface area (Å²) in [5.74, 6) is -0.581. The van der Waals surface area contributed by atoms with Gasteiger partial charge in [-0.3, -0.25) is 0 Å². The van der Waals surface area contributed by atoms with Crippen LogP contribution in [-0.4, -0.2) is 45.0 Å². The molecule has 0 aromatic heterocycles. The van der Waals surface area contributed by atoms with E-state index in [4.69, 9.17) is 9.47 Å². The van der Waals surface area contributed by atoms with Crippen LogP contribution in [0.25, 0.3) is 0 Å². The molecule has 1 heterocycles. The minimum atomic E-state index is -3.68. The van der Waals surface area contributed by atoms with Gasteiger partial charge in [0.25, 0.3) is 0 Å². The highest BCUT2D eigenvalue weighted by Crippen LogP contribution is 2.25. The van der Waals surface area contributed by atoms with E-state index in [0.717, 1.165) is 11.1 Å². The maximum absolute atomic E-state index is 12.8. The van der Waals surface area contributed by atoms with Gasteiger partial charge in [0.1, 0.15) is 6.61 Å². The Hall–Kier alpha value is -1.74. The zero-order chi connectivity index (χ0) is 19.4. The Morgan fingerprint density at radius 1 is 1.19 bits per heavy atom. The monoisotopic (exact) mass is 453 g/mol. The highest BCUT2D eigenvalue weighted by Gasteiger charge is 2.27. The number of benzene rings is 2. The summed E-state index contributed by atoms with van der Waals surface area (Å²) < 4.78 is 38.0. The summed E-state index contributed by atoms with van der Waals surface area (Å²) >= 11 is 3.30. The Morgan fingerprint density at radius 2 is 1.93 bits per heavy atom. The number of hydrogen-bond acceptors (Lipinski definition) is 5. The summed E-state index contributed by atoms with van der Waals surface area (Å²) in [6, 6.07) is 12.0. The minimum Gasteiger partial charge on any atom is -0.457 e. The number of carbonyl (C=O) groups excluding carboxylic acids is 1. The molecule has 0 amide bonds. The summed E-state index contributed by atoms with van der Waals surface area (Å²) in [6.45, 7) is 3.40. The van der Waals surface area contributed by atoms with E-state index in [2.05, 4.69) is 15.9 Å². The molecule has 1 fully saturated rings. The average Bonchev–Trinajstić information content (AvgIpc) is 2.67. The fourth-order valence-corrected chi connectivity index (χ4v) is 4.63. The Bertz CT molecular complexity index is 939. The van der Waals surface area contributed by atoms with Gasteiger partial charge in [-0.05, 0) is 46.6 Å². The molecule has 0 unspecified atom stereocenters. The number of esters is 1. The summed E-state index contributed by atoms with van der Waals surface area (Å²) in [5, 5.41) is 0. The van der Waals surface area contributed by atoms with Crippen molar-refractivity contribution in [2.75, 3.05) is 26.3 Å². The van der Waals surface area contributed by atoms with Crippen LogP contribution in [0, 0.1) is 6.92 Å². The molecule has 0 N–H and O–H groups in total. The molecule has 0 saturated carbocycles. The first-order valence-electron chi connectivity index (χ1n) is 8.48. The summed E-state index contributed by atoms with van der Waals surface area (Å²) in [6.07, 6.45) is 0. The van der Waals surface area contributed by atoms with E-state index < -0.39 is 16.0 Å². The fourth-order valence-electron chi connectivity index (χ4n) is 2.79. The van der Waals surface area contributed by atoms with Gasteiger partial charge in [0.05, 0.1) is 23.7 Å². The van der Waals surface area contributed by atoms with Crippen molar-refractivity contribution in [2.45, 2.75) is 18.4 Å². The van der Waals surface area contributed by atoms with Crippen LogP contribution in [0.3, 0.4) is 0 Å². The van der Waals surface area contributed by atoms with Crippen LogP contribution in [0.2, 0.25) is 0 Å². The van der Waals surface area contributed by atoms with Crippen molar-refractivity contribution >= 4 is 31.9 Å². The van der Waals surface area contributed by atoms with Crippen molar-refractivity contribution in [3.63, 3.8) is 0 Å². The van der Waals surface area contributed by atoms with Crippen molar-refractivity contribution in [1.82, 2.24) is 4.31 Å². The van der Waals surface area contributed by atoms with Gasteiger partial charge >= 0.3 is 5.97 Å². The van der Waals surface area contributed by atoms with E-state index >= 15 is 0 Å². The summed E-state index contributed by atoms with van der Waals surface area (Å²) in [4.78, 5) is 12.6. The molecule has 0 atom stereocenters. The molecular weight excluding hydrogens is 434 g/mol. The molecule has 3 rings (SSSR count). The number of aryl methyl sites for hydroxylation is 1. The highest BCUT2D eigenvalue weighted by molar-refractivity contribution is 9.10. The van der Waals surface area contributed by atoms with Gasteiger partial charge in [0.15, 0.2) is 0 Å². The SMILES string of the molecule is Cc1cccc(COC(=O)c2cc(S(=O)(=O)N3CCOCC3)ccc2Br)c1. The predicted molar refractivity (Wildman–Crippen MR) is 104 cm³/mol. The topological polar surface area (TPSA) is 72.9 Å². The van der Waals surface area contributed by atoms with Crippen LogP contribution in [0.5, 0.6) is 0 Å². The van der Waals surface area contributed by atoms with Crippen LogP contribution in [0.15, 0.2) is 51.8 Å². The molecule has 1 aliphatic rings. The Balaban J connectivity index is 1.79. The number of ether oxygens (including phenoxy) is 2. The van der Waals surface area contributed by atoms with E-state index in [1.54, 1.807) is 6.07 Å². The molecule has 8 heteroatoms. The van der Waals surface area contributed by atoms with Gasteiger partial charge in [0, 0.05) is 17.6 Å². The molecule has 0 bridgehead atoms. The maximum atomic E-state index is 12.8. The third-order valence-electron chi connectivity index (χ3n) is 4.22. The predicted octanol–water partition coefficient (Wildman–Crippen LogP) is 3.14. The van der Waals surface area contributed by atoms with Gasteiger partial charge in [-0.15, -0.1) is 0 Å². The number of sulfonamides is 1. The molecule has 6 nitrogen and oxygen atoms in total. The second-order valence-corrected chi connectivity index (χ2v) is 9.02. The molecule has 1 aliphatic heterocycles. The quantitative estimate of drug-likeness (QED) is 0.650. The van der Waals surface area contributed by atoms with E-state index in [1.165, 1.54) is 16.4 Å². The van der Waals surface area contributed by atoms with Crippen LogP contribution in [0.4, 0.5) is 0 Å². The van der Waals surface area contributed by atoms with Crippen molar-refractivity contribution in [3.05, 3.63) is 63.6 Å². The fraction of sp³-hybridized carbons (Fsp3) is 0.316. The first-order chi connectivity index (χ1) is 12.9. The molecule has 144 valence electrons. The Morgan fingerprint density at radius 3 is 2.63 bits per heavy atom. The third kappa shape index (κ3) is 4.76. The highest BCUT2D eigenvalue weighted by atomic mass is 79.9. The summed E-state index contributed by atoms with van der Waals surface area (Å²) in [7, 11) is -3.68. The third-order valence-corrected chi connectivity index (χ3v) is 6.80. The van der Waals surface area contributed by atoms with Crippen LogP contribution >= 0.6 is 15.9 Å². The second kappa shape index (κ2) is 8.52. The standard InChI is InChI=1S/C19H20BrNO5S/c1-14-3-2-4-15(11-14)13-26-19(22)17-12-16(5-6-18(17)20)27(23,24)21-7-9-25-10-8-21/h2-6,11-12H,7-10,13H2,1H3. The first-order valence-corrected chi connectivity index (χ1v) is 10.7. The Labute approximate surface area is 167 Å².